The van der Waals surface area contributed by atoms with Gasteiger partial charge in [-0.25, -0.2) is 4.98 Å². The molecular formula is C12H18N2OS. The van der Waals surface area contributed by atoms with Gasteiger partial charge in [-0.1, -0.05) is 13.8 Å². The van der Waals surface area contributed by atoms with Gasteiger partial charge in [-0.15, -0.1) is 11.8 Å². The van der Waals surface area contributed by atoms with Crippen molar-refractivity contribution in [3.05, 3.63) is 23.9 Å². The first kappa shape index (κ1) is 13.2. The average molecular weight is 238 g/mol. The molecule has 88 valence electrons. The van der Waals surface area contributed by atoms with E-state index in [1.807, 2.05) is 6.07 Å². The minimum Gasteiger partial charge on any atom is -0.303 e. The van der Waals surface area contributed by atoms with Crippen LogP contribution < -0.4 is 0 Å². The predicted molar refractivity (Wildman–Crippen MR) is 68.1 cm³/mol. The van der Waals surface area contributed by atoms with Crippen LogP contribution in [0.1, 0.15) is 24.2 Å². The number of nitrogens with zero attached hydrogens (tertiary/aromatic N) is 2. The lowest BCUT2D eigenvalue weighted by Crippen LogP contribution is -2.25. The SMILES string of the molecule is CCN(CC)CCSc1ccc(C=O)cn1. The van der Waals surface area contributed by atoms with Gasteiger partial charge >= 0.3 is 0 Å². The van der Waals surface area contributed by atoms with E-state index in [4.69, 9.17) is 0 Å². The summed E-state index contributed by atoms with van der Waals surface area (Å²) >= 11 is 1.73. The Morgan fingerprint density at radius 3 is 2.62 bits per heavy atom. The summed E-state index contributed by atoms with van der Waals surface area (Å²) in [5.41, 5.74) is 0.632. The molecule has 1 rings (SSSR count). The van der Waals surface area contributed by atoms with Crippen LogP contribution in [0.4, 0.5) is 0 Å². The Morgan fingerprint density at radius 1 is 1.38 bits per heavy atom. The molecule has 0 spiro atoms. The highest BCUT2D eigenvalue weighted by Gasteiger charge is 2.00. The lowest BCUT2D eigenvalue weighted by Gasteiger charge is -2.16. The molecule has 0 bridgehead atoms. The summed E-state index contributed by atoms with van der Waals surface area (Å²) in [7, 11) is 0. The summed E-state index contributed by atoms with van der Waals surface area (Å²) in [5, 5.41) is 0.984. The molecule has 0 radical (unpaired) electrons. The lowest BCUT2D eigenvalue weighted by molar-refractivity contribution is 0.112. The molecule has 0 aliphatic carbocycles. The Labute approximate surface area is 101 Å². The maximum atomic E-state index is 10.4. The second kappa shape index (κ2) is 7.41. The number of thioether (sulfide) groups is 1. The van der Waals surface area contributed by atoms with Gasteiger partial charge in [0.2, 0.25) is 0 Å². The lowest BCUT2D eigenvalue weighted by atomic mass is 10.3. The Balaban J connectivity index is 2.34. The Kier molecular flexibility index (Phi) is 6.11. The van der Waals surface area contributed by atoms with Gasteiger partial charge in [0.15, 0.2) is 6.29 Å². The number of hydrogen-bond acceptors (Lipinski definition) is 4. The number of aromatic nitrogens is 1. The third-order valence-corrected chi connectivity index (χ3v) is 3.37. The van der Waals surface area contributed by atoms with Gasteiger partial charge in [0, 0.05) is 24.1 Å². The summed E-state index contributed by atoms with van der Waals surface area (Å²) < 4.78 is 0. The number of carbonyl (C=O) groups excluding carboxylic acids is 1. The van der Waals surface area contributed by atoms with Crippen molar-refractivity contribution in [3.8, 4) is 0 Å². The van der Waals surface area contributed by atoms with Crippen molar-refractivity contribution in [3.63, 3.8) is 0 Å². The fraction of sp³-hybridized carbons (Fsp3) is 0.500. The second-order valence-corrected chi connectivity index (χ2v) is 4.54. The van der Waals surface area contributed by atoms with Gasteiger partial charge in [-0.3, -0.25) is 4.79 Å². The molecule has 4 heteroatoms. The quantitative estimate of drug-likeness (QED) is 0.539. The van der Waals surface area contributed by atoms with Crippen LogP contribution >= 0.6 is 11.8 Å². The molecular weight excluding hydrogens is 220 g/mol. The van der Waals surface area contributed by atoms with E-state index < -0.39 is 0 Å². The van der Waals surface area contributed by atoms with Crippen LogP contribution in [0.15, 0.2) is 23.4 Å². The molecule has 0 unspecified atom stereocenters. The van der Waals surface area contributed by atoms with Crippen LogP contribution in [0.5, 0.6) is 0 Å². The summed E-state index contributed by atoms with van der Waals surface area (Å²) in [6.07, 6.45) is 2.43. The van der Waals surface area contributed by atoms with E-state index >= 15 is 0 Å². The molecule has 16 heavy (non-hydrogen) atoms. The Hall–Kier alpha value is -0.870. The maximum absolute atomic E-state index is 10.4. The van der Waals surface area contributed by atoms with Crippen LogP contribution in [-0.2, 0) is 0 Å². The average Bonchev–Trinajstić information content (AvgIpc) is 2.35. The van der Waals surface area contributed by atoms with E-state index in [1.165, 1.54) is 0 Å². The van der Waals surface area contributed by atoms with E-state index in [2.05, 4.69) is 23.7 Å². The largest absolute Gasteiger partial charge is 0.303 e. The molecule has 0 aliphatic rings. The van der Waals surface area contributed by atoms with Crippen molar-refractivity contribution >= 4 is 18.0 Å². The van der Waals surface area contributed by atoms with Crippen molar-refractivity contribution in [1.29, 1.82) is 0 Å². The summed E-state index contributed by atoms with van der Waals surface area (Å²) in [6, 6.07) is 3.70. The third kappa shape index (κ3) is 4.33. The zero-order valence-corrected chi connectivity index (χ0v) is 10.7. The zero-order valence-electron chi connectivity index (χ0n) is 9.85. The van der Waals surface area contributed by atoms with Crippen LogP contribution in [0, 0.1) is 0 Å². The smallest absolute Gasteiger partial charge is 0.151 e. The van der Waals surface area contributed by atoms with Crippen molar-refractivity contribution < 1.29 is 4.79 Å². The van der Waals surface area contributed by atoms with E-state index in [9.17, 15) is 4.79 Å². The van der Waals surface area contributed by atoms with Gasteiger partial charge in [0.05, 0.1) is 5.03 Å². The van der Waals surface area contributed by atoms with E-state index in [0.717, 1.165) is 36.7 Å². The van der Waals surface area contributed by atoms with E-state index in [1.54, 1.807) is 24.0 Å². The molecule has 0 N–H and O–H groups in total. The molecule has 1 heterocycles. The minimum atomic E-state index is 0.632. The van der Waals surface area contributed by atoms with E-state index in [0.29, 0.717) is 5.56 Å². The fourth-order valence-electron chi connectivity index (χ4n) is 1.37. The maximum Gasteiger partial charge on any atom is 0.151 e. The first-order chi connectivity index (χ1) is 7.80. The zero-order chi connectivity index (χ0) is 11.8. The van der Waals surface area contributed by atoms with Crippen LogP contribution in [0.3, 0.4) is 0 Å². The molecule has 0 saturated heterocycles. The normalized spacial score (nSPS) is 10.7. The topological polar surface area (TPSA) is 33.2 Å². The van der Waals surface area contributed by atoms with Crippen molar-refractivity contribution in [2.24, 2.45) is 0 Å². The first-order valence-electron chi connectivity index (χ1n) is 5.56. The summed E-state index contributed by atoms with van der Waals surface area (Å²) in [6.45, 7) is 7.61. The second-order valence-electron chi connectivity index (χ2n) is 3.42. The highest BCUT2D eigenvalue weighted by molar-refractivity contribution is 7.99. The predicted octanol–water partition coefficient (Wildman–Crippen LogP) is 2.33. The van der Waals surface area contributed by atoms with Crippen LogP contribution in [0.25, 0.3) is 0 Å². The molecule has 0 atom stereocenters. The van der Waals surface area contributed by atoms with E-state index in [-0.39, 0.29) is 0 Å². The molecule has 0 fully saturated rings. The molecule has 1 aromatic heterocycles. The van der Waals surface area contributed by atoms with Gasteiger partial charge in [0.1, 0.15) is 0 Å². The number of hydrogen-bond donors (Lipinski definition) is 0. The van der Waals surface area contributed by atoms with Gasteiger partial charge in [0.25, 0.3) is 0 Å². The summed E-state index contributed by atoms with van der Waals surface area (Å²) in [5.74, 6) is 1.04. The summed E-state index contributed by atoms with van der Waals surface area (Å²) in [4.78, 5) is 17.0. The first-order valence-corrected chi connectivity index (χ1v) is 6.55. The molecule has 0 amide bonds. The fourth-order valence-corrected chi connectivity index (χ4v) is 2.22. The highest BCUT2D eigenvalue weighted by atomic mass is 32.2. The number of pyridine rings is 1. The Morgan fingerprint density at radius 2 is 2.12 bits per heavy atom. The third-order valence-electron chi connectivity index (χ3n) is 2.45. The standard InChI is InChI=1S/C12H18N2OS/c1-3-14(4-2)7-8-16-12-6-5-11(10-15)9-13-12/h5-6,9-10H,3-4,7-8H2,1-2H3. The Bertz CT molecular complexity index is 309. The molecule has 0 saturated carbocycles. The number of aldehydes is 1. The van der Waals surface area contributed by atoms with Crippen molar-refractivity contribution in [1.82, 2.24) is 9.88 Å². The van der Waals surface area contributed by atoms with Crippen molar-refractivity contribution in [2.75, 3.05) is 25.4 Å². The highest BCUT2D eigenvalue weighted by Crippen LogP contribution is 2.14. The monoisotopic (exact) mass is 238 g/mol. The minimum absolute atomic E-state index is 0.632. The molecule has 0 aliphatic heterocycles. The van der Waals surface area contributed by atoms with Crippen LogP contribution in [-0.4, -0.2) is 41.6 Å². The molecule has 3 nitrogen and oxygen atoms in total. The molecule has 0 aromatic carbocycles. The number of rotatable bonds is 7. The molecule has 1 aromatic rings. The number of carbonyl (C=O) groups is 1. The van der Waals surface area contributed by atoms with Gasteiger partial charge in [-0.05, 0) is 25.2 Å². The van der Waals surface area contributed by atoms with Crippen LogP contribution in [0.2, 0.25) is 0 Å². The van der Waals surface area contributed by atoms with Crippen molar-refractivity contribution in [2.45, 2.75) is 18.9 Å². The van der Waals surface area contributed by atoms with Gasteiger partial charge in [-0.2, -0.15) is 0 Å². The van der Waals surface area contributed by atoms with Gasteiger partial charge < -0.3 is 4.90 Å².